The molecule has 4 aromatic rings. The lowest BCUT2D eigenvalue weighted by Crippen LogP contribution is -2.29. The van der Waals surface area contributed by atoms with Crippen LogP contribution in [0.2, 0.25) is 0 Å². The Morgan fingerprint density at radius 3 is 2.55 bits per heavy atom. The lowest BCUT2D eigenvalue weighted by Gasteiger charge is -2.28. The summed E-state index contributed by atoms with van der Waals surface area (Å²) in [6.07, 6.45) is 9.10. The Bertz CT molecular complexity index is 1420. The average Bonchev–Trinajstić information content (AvgIpc) is 2.93. The van der Waals surface area contributed by atoms with E-state index in [4.69, 9.17) is 4.98 Å². The number of para-hydroxylation sites is 1. The molecule has 5 rings (SSSR count). The number of fused-ring (bicyclic) bond motifs is 1. The van der Waals surface area contributed by atoms with Gasteiger partial charge in [0.2, 0.25) is 11.9 Å². The Balaban J connectivity index is 1.35. The van der Waals surface area contributed by atoms with Gasteiger partial charge in [-0.05, 0) is 75.3 Å². The van der Waals surface area contributed by atoms with Crippen LogP contribution in [0, 0.1) is 0 Å². The molecule has 1 saturated heterocycles. The van der Waals surface area contributed by atoms with Gasteiger partial charge in [0.05, 0.1) is 5.52 Å². The number of rotatable bonds is 8. The van der Waals surface area contributed by atoms with Crippen LogP contribution < -0.4 is 15.5 Å². The summed E-state index contributed by atoms with van der Waals surface area (Å²) in [4.78, 5) is 26.2. The predicted molar refractivity (Wildman–Crippen MR) is 157 cm³/mol. The second-order valence-electron chi connectivity index (χ2n) is 9.89. The lowest BCUT2D eigenvalue weighted by molar-refractivity contribution is -0.111. The highest BCUT2D eigenvalue weighted by Gasteiger charge is 2.12. The van der Waals surface area contributed by atoms with Crippen LogP contribution in [0.1, 0.15) is 19.3 Å². The Morgan fingerprint density at radius 2 is 1.76 bits per heavy atom. The van der Waals surface area contributed by atoms with E-state index >= 15 is 0 Å². The number of aromatic nitrogens is 2. The second-order valence-corrected chi connectivity index (χ2v) is 9.89. The van der Waals surface area contributed by atoms with Gasteiger partial charge in [-0.2, -0.15) is 0 Å². The number of hydrogen-bond donors (Lipinski definition) is 2. The van der Waals surface area contributed by atoms with Crippen LogP contribution in [0.4, 0.5) is 23.0 Å². The summed E-state index contributed by atoms with van der Waals surface area (Å²) in [6.45, 7) is 2.96. The SMILES string of the molecule is CN(C)C/C=C/C(=O)Nc1cccc(-c2cccc3cnc(Nc4ccc(N5CCCCC5)cc4)nc23)c1. The fraction of sp³-hybridized carbons (Fsp3) is 0.258. The summed E-state index contributed by atoms with van der Waals surface area (Å²) in [5.74, 6) is 0.396. The minimum absolute atomic E-state index is 0.151. The monoisotopic (exact) mass is 506 g/mol. The third kappa shape index (κ3) is 6.36. The molecular weight excluding hydrogens is 472 g/mol. The fourth-order valence-corrected chi connectivity index (χ4v) is 4.70. The van der Waals surface area contributed by atoms with Gasteiger partial charge in [0.1, 0.15) is 0 Å². The first-order valence-electron chi connectivity index (χ1n) is 13.2. The average molecular weight is 507 g/mol. The van der Waals surface area contributed by atoms with Gasteiger partial charge in [0, 0.05) is 59.9 Å². The number of carbonyl (C=O) groups is 1. The van der Waals surface area contributed by atoms with Crippen molar-refractivity contribution < 1.29 is 4.79 Å². The van der Waals surface area contributed by atoms with Crippen LogP contribution in [0.5, 0.6) is 0 Å². The number of nitrogens with one attached hydrogen (secondary N) is 2. The van der Waals surface area contributed by atoms with Crippen molar-refractivity contribution in [3.63, 3.8) is 0 Å². The molecule has 194 valence electrons. The highest BCUT2D eigenvalue weighted by molar-refractivity contribution is 6.00. The summed E-state index contributed by atoms with van der Waals surface area (Å²) in [6, 6.07) is 22.4. The Morgan fingerprint density at radius 1 is 0.974 bits per heavy atom. The predicted octanol–water partition coefficient (Wildman–Crippen LogP) is 6.09. The van der Waals surface area contributed by atoms with Crippen molar-refractivity contribution in [2.24, 2.45) is 0 Å². The van der Waals surface area contributed by atoms with Crippen molar-refractivity contribution in [1.29, 1.82) is 0 Å². The minimum atomic E-state index is -0.151. The summed E-state index contributed by atoms with van der Waals surface area (Å²) >= 11 is 0. The summed E-state index contributed by atoms with van der Waals surface area (Å²) in [7, 11) is 3.93. The quantitative estimate of drug-likeness (QED) is 0.282. The maximum Gasteiger partial charge on any atom is 0.248 e. The van der Waals surface area contributed by atoms with E-state index in [0.29, 0.717) is 12.5 Å². The molecule has 7 heteroatoms. The molecule has 0 bridgehead atoms. The number of anilines is 4. The van der Waals surface area contributed by atoms with E-state index in [2.05, 4.69) is 44.8 Å². The standard InChI is InChI=1S/C31H34N6O/c1-36(2)18-8-13-29(38)33-26-11-6-9-23(21-26)28-12-7-10-24-22-32-31(35-30(24)28)34-25-14-16-27(17-15-25)37-19-4-3-5-20-37/h6-17,21-22H,3-5,18-20H2,1-2H3,(H,33,38)(H,32,34,35)/b13-8+. The summed E-state index contributed by atoms with van der Waals surface area (Å²) in [5, 5.41) is 7.27. The van der Waals surface area contributed by atoms with E-state index in [1.54, 1.807) is 6.08 Å². The van der Waals surface area contributed by atoms with Crippen LogP contribution in [-0.4, -0.2) is 54.5 Å². The fourth-order valence-electron chi connectivity index (χ4n) is 4.70. The molecular formula is C31H34N6O. The first-order valence-corrected chi connectivity index (χ1v) is 13.2. The van der Waals surface area contributed by atoms with Gasteiger partial charge in [-0.1, -0.05) is 36.4 Å². The molecule has 0 unspecified atom stereocenters. The molecule has 0 radical (unpaired) electrons. The van der Waals surface area contributed by atoms with Gasteiger partial charge in [0.15, 0.2) is 0 Å². The van der Waals surface area contributed by atoms with Gasteiger partial charge in [-0.25, -0.2) is 9.97 Å². The Hall–Kier alpha value is -4.23. The maximum atomic E-state index is 12.3. The molecule has 7 nitrogen and oxygen atoms in total. The molecule has 1 aromatic heterocycles. The summed E-state index contributed by atoms with van der Waals surface area (Å²) < 4.78 is 0. The molecule has 0 spiro atoms. The van der Waals surface area contributed by atoms with Gasteiger partial charge in [-0.15, -0.1) is 0 Å². The van der Waals surface area contributed by atoms with Gasteiger partial charge in [-0.3, -0.25) is 4.79 Å². The molecule has 1 fully saturated rings. The van der Waals surface area contributed by atoms with E-state index in [1.165, 1.54) is 24.9 Å². The molecule has 0 aliphatic carbocycles. The van der Waals surface area contributed by atoms with Crippen LogP contribution in [-0.2, 0) is 4.79 Å². The Labute approximate surface area is 224 Å². The zero-order valence-corrected chi connectivity index (χ0v) is 22.0. The number of likely N-dealkylation sites (N-methyl/N-ethyl adjacent to an activating group) is 1. The van der Waals surface area contributed by atoms with Crippen molar-refractivity contribution in [2.45, 2.75) is 19.3 Å². The molecule has 1 aliphatic heterocycles. The first-order chi connectivity index (χ1) is 18.5. The van der Waals surface area contributed by atoms with Crippen molar-refractivity contribution in [1.82, 2.24) is 14.9 Å². The van der Waals surface area contributed by atoms with Crippen LogP contribution in [0.15, 0.2) is 85.1 Å². The highest BCUT2D eigenvalue weighted by atomic mass is 16.1. The molecule has 2 heterocycles. The molecule has 3 aromatic carbocycles. The van der Waals surface area contributed by atoms with Crippen molar-refractivity contribution in [2.75, 3.05) is 49.3 Å². The van der Waals surface area contributed by atoms with Gasteiger partial charge < -0.3 is 20.4 Å². The second kappa shape index (κ2) is 11.9. The van der Waals surface area contributed by atoms with E-state index in [-0.39, 0.29) is 5.91 Å². The summed E-state index contributed by atoms with van der Waals surface area (Å²) in [5.41, 5.74) is 5.75. The minimum Gasteiger partial charge on any atom is -0.372 e. The molecule has 0 atom stereocenters. The van der Waals surface area contributed by atoms with Crippen LogP contribution in [0.3, 0.4) is 0 Å². The van der Waals surface area contributed by atoms with E-state index in [0.717, 1.165) is 46.5 Å². The van der Waals surface area contributed by atoms with Crippen molar-refractivity contribution >= 4 is 39.8 Å². The highest BCUT2D eigenvalue weighted by Crippen LogP contribution is 2.30. The number of nitrogens with zero attached hydrogens (tertiary/aromatic N) is 4. The number of carbonyl (C=O) groups excluding carboxylic acids is 1. The largest absolute Gasteiger partial charge is 0.372 e. The molecule has 0 saturated carbocycles. The number of amides is 1. The first kappa shape index (κ1) is 25.4. The molecule has 1 aliphatic rings. The smallest absolute Gasteiger partial charge is 0.248 e. The number of benzene rings is 3. The maximum absolute atomic E-state index is 12.3. The van der Waals surface area contributed by atoms with E-state index < -0.39 is 0 Å². The molecule has 1 amide bonds. The normalized spacial score (nSPS) is 13.8. The van der Waals surface area contributed by atoms with E-state index in [1.807, 2.05) is 73.7 Å². The Kier molecular flexibility index (Phi) is 7.95. The third-order valence-electron chi connectivity index (χ3n) is 6.64. The molecule has 2 N–H and O–H groups in total. The lowest BCUT2D eigenvalue weighted by atomic mass is 10.0. The topological polar surface area (TPSA) is 73.4 Å². The third-order valence-corrected chi connectivity index (χ3v) is 6.64. The van der Waals surface area contributed by atoms with Gasteiger partial charge in [0.25, 0.3) is 0 Å². The van der Waals surface area contributed by atoms with Crippen molar-refractivity contribution in [3.05, 3.63) is 85.1 Å². The zero-order chi connectivity index (χ0) is 26.3. The van der Waals surface area contributed by atoms with E-state index in [9.17, 15) is 4.79 Å². The molecule has 38 heavy (non-hydrogen) atoms. The van der Waals surface area contributed by atoms with Crippen molar-refractivity contribution in [3.8, 4) is 11.1 Å². The van der Waals surface area contributed by atoms with Crippen LogP contribution >= 0.6 is 0 Å². The zero-order valence-electron chi connectivity index (χ0n) is 22.0. The van der Waals surface area contributed by atoms with Gasteiger partial charge >= 0.3 is 0 Å². The number of piperidine rings is 1. The van der Waals surface area contributed by atoms with Crippen LogP contribution in [0.25, 0.3) is 22.0 Å². The number of hydrogen-bond acceptors (Lipinski definition) is 6.